The predicted octanol–water partition coefficient (Wildman–Crippen LogP) is 4.24. The number of carbonyl (C=O) groups is 2. The summed E-state index contributed by atoms with van der Waals surface area (Å²) in [4.78, 5) is 23.2. The molecule has 1 unspecified atom stereocenters. The normalized spacial score (nSPS) is 11.7. The molecule has 0 fully saturated rings. The molecule has 2 aromatic carbocycles. The van der Waals surface area contributed by atoms with Gasteiger partial charge in [0.2, 0.25) is 11.8 Å². The molecular weight excluding hydrogens is 361 g/mol. The minimum atomic E-state index is -0.188. The van der Waals surface area contributed by atoms with Gasteiger partial charge in [0.1, 0.15) is 0 Å². The first-order valence-electron chi connectivity index (χ1n) is 7.71. The number of halogens is 2. The number of rotatable bonds is 6. The molecule has 0 aromatic heterocycles. The van der Waals surface area contributed by atoms with Gasteiger partial charge in [-0.3, -0.25) is 9.59 Å². The largest absolute Gasteiger partial charge is 0.326 e. The van der Waals surface area contributed by atoms with E-state index in [1.54, 1.807) is 36.4 Å². The van der Waals surface area contributed by atoms with Gasteiger partial charge in [-0.25, -0.2) is 0 Å². The van der Waals surface area contributed by atoms with Crippen LogP contribution in [0.3, 0.4) is 0 Å². The minimum absolute atomic E-state index is 0.0637. The first kappa shape index (κ1) is 19.2. The van der Waals surface area contributed by atoms with Crippen molar-refractivity contribution in [2.24, 2.45) is 0 Å². The molecule has 0 saturated carbocycles. The maximum atomic E-state index is 12.1. The van der Waals surface area contributed by atoms with E-state index in [2.05, 4.69) is 16.0 Å². The molecule has 0 aliphatic carbocycles. The fourth-order valence-corrected chi connectivity index (χ4v) is 2.54. The molecule has 2 amide bonds. The van der Waals surface area contributed by atoms with E-state index in [1.807, 2.05) is 13.0 Å². The van der Waals surface area contributed by atoms with E-state index in [0.29, 0.717) is 21.4 Å². The second-order valence-electron chi connectivity index (χ2n) is 5.59. The van der Waals surface area contributed by atoms with Crippen LogP contribution in [0.4, 0.5) is 11.4 Å². The van der Waals surface area contributed by atoms with Crippen molar-refractivity contribution in [2.75, 3.05) is 17.2 Å². The van der Waals surface area contributed by atoms with Crippen molar-refractivity contribution in [1.82, 2.24) is 5.32 Å². The molecule has 0 aliphatic rings. The molecule has 2 aromatic rings. The van der Waals surface area contributed by atoms with Crippen LogP contribution in [0.5, 0.6) is 0 Å². The number of hydrogen-bond acceptors (Lipinski definition) is 3. The summed E-state index contributed by atoms with van der Waals surface area (Å²) in [5.74, 6) is -0.354. The lowest BCUT2D eigenvalue weighted by Crippen LogP contribution is -2.30. The third kappa shape index (κ3) is 6.05. The van der Waals surface area contributed by atoms with Gasteiger partial charge in [-0.2, -0.15) is 0 Å². The molecule has 0 saturated heterocycles. The van der Waals surface area contributed by atoms with Crippen LogP contribution >= 0.6 is 23.2 Å². The van der Waals surface area contributed by atoms with Crippen LogP contribution < -0.4 is 16.0 Å². The molecule has 0 aliphatic heterocycles. The van der Waals surface area contributed by atoms with Crippen molar-refractivity contribution >= 4 is 46.4 Å². The Morgan fingerprint density at radius 1 is 1.00 bits per heavy atom. The van der Waals surface area contributed by atoms with E-state index in [4.69, 9.17) is 23.2 Å². The fourth-order valence-electron chi connectivity index (χ4n) is 2.23. The van der Waals surface area contributed by atoms with Crippen molar-refractivity contribution in [3.05, 3.63) is 58.1 Å². The number of hydrogen-bond donors (Lipinski definition) is 3. The summed E-state index contributed by atoms with van der Waals surface area (Å²) in [6.07, 6.45) is 0. The molecule has 1 atom stereocenters. The van der Waals surface area contributed by atoms with Crippen LogP contribution in [-0.4, -0.2) is 18.4 Å². The highest BCUT2D eigenvalue weighted by Gasteiger charge is 2.10. The quantitative estimate of drug-likeness (QED) is 0.702. The van der Waals surface area contributed by atoms with E-state index in [-0.39, 0.29) is 24.4 Å². The molecule has 7 heteroatoms. The topological polar surface area (TPSA) is 70.2 Å². The van der Waals surface area contributed by atoms with Gasteiger partial charge in [-0.15, -0.1) is 0 Å². The number of amides is 2. The third-order valence-electron chi connectivity index (χ3n) is 3.48. The Morgan fingerprint density at radius 3 is 2.32 bits per heavy atom. The SMILES string of the molecule is CC(=O)Nc1cccc(NC(=O)CNC(C)c2ccc(Cl)c(Cl)c2)c1. The van der Waals surface area contributed by atoms with Gasteiger partial charge >= 0.3 is 0 Å². The standard InChI is InChI=1S/C18H19Cl2N3O2/c1-11(13-6-7-16(19)17(20)8-13)21-10-18(25)23-15-5-3-4-14(9-15)22-12(2)24/h3-9,11,21H,10H2,1-2H3,(H,22,24)(H,23,25). The summed E-state index contributed by atoms with van der Waals surface area (Å²) in [5, 5.41) is 9.56. The Morgan fingerprint density at radius 2 is 1.68 bits per heavy atom. The lowest BCUT2D eigenvalue weighted by atomic mass is 10.1. The van der Waals surface area contributed by atoms with Gasteiger partial charge < -0.3 is 16.0 Å². The zero-order valence-corrected chi connectivity index (χ0v) is 15.4. The fraction of sp³-hybridized carbons (Fsp3) is 0.222. The highest BCUT2D eigenvalue weighted by Crippen LogP contribution is 2.25. The third-order valence-corrected chi connectivity index (χ3v) is 4.22. The van der Waals surface area contributed by atoms with E-state index in [0.717, 1.165) is 5.56 Å². The first-order valence-corrected chi connectivity index (χ1v) is 8.46. The van der Waals surface area contributed by atoms with Crippen LogP contribution in [0.2, 0.25) is 10.0 Å². The van der Waals surface area contributed by atoms with Gasteiger partial charge in [0.25, 0.3) is 0 Å². The molecule has 2 rings (SSSR count). The monoisotopic (exact) mass is 379 g/mol. The minimum Gasteiger partial charge on any atom is -0.326 e. The number of carbonyl (C=O) groups excluding carboxylic acids is 2. The zero-order chi connectivity index (χ0) is 18.4. The Balaban J connectivity index is 1.89. The van der Waals surface area contributed by atoms with Crippen LogP contribution in [0.1, 0.15) is 25.5 Å². The van der Waals surface area contributed by atoms with E-state index >= 15 is 0 Å². The Kier molecular flexibility index (Phi) is 6.82. The maximum Gasteiger partial charge on any atom is 0.238 e. The smallest absolute Gasteiger partial charge is 0.238 e. The van der Waals surface area contributed by atoms with Crippen molar-refractivity contribution in [3.8, 4) is 0 Å². The van der Waals surface area contributed by atoms with Gasteiger partial charge in [0.15, 0.2) is 0 Å². The molecule has 132 valence electrons. The van der Waals surface area contributed by atoms with Crippen LogP contribution in [0.25, 0.3) is 0 Å². The Hall–Kier alpha value is -2.08. The number of benzene rings is 2. The predicted molar refractivity (Wildman–Crippen MR) is 102 cm³/mol. The van der Waals surface area contributed by atoms with Crippen LogP contribution in [0.15, 0.2) is 42.5 Å². The number of nitrogens with one attached hydrogen (secondary N) is 3. The average molecular weight is 380 g/mol. The summed E-state index contributed by atoms with van der Waals surface area (Å²) >= 11 is 11.9. The van der Waals surface area contributed by atoms with Gasteiger partial charge in [-0.1, -0.05) is 35.3 Å². The summed E-state index contributed by atoms with van der Waals surface area (Å²) in [6.45, 7) is 3.50. The molecule has 5 nitrogen and oxygen atoms in total. The van der Waals surface area contributed by atoms with Crippen molar-refractivity contribution in [1.29, 1.82) is 0 Å². The average Bonchev–Trinajstić information content (AvgIpc) is 2.55. The summed E-state index contributed by atoms with van der Waals surface area (Å²) in [5.41, 5.74) is 2.18. The van der Waals surface area contributed by atoms with E-state index < -0.39 is 0 Å². The second kappa shape index (κ2) is 8.85. The molecule has 0 bridgehead atoms. The molecule has 25 heavy (non-hydrogen) atoms. The van der Waals surface area contributed by atoms with Gasteiger partial charge in [0, 0.05) is 24.3 Å². The van der Waals surface area contributed by atoms with E-state index in [1.165, 1.54) is 6.92 Å². The van der Waals surface area contributed by atoms with Gasteiger partial charge in [0.05, 0.1) is 16.6 Å². The van der Waals surface area contributed by atoms with Crippen molar-refractivity contribution in [3.63, 3.8) is 0 Å². The summed E-state index contributed by atoms with van der Waals surface area (Å²) < 4.78 is 0. The highest BCUT2D eigenvalue weighted by molar-refractivity contribution is 6.42. The van der Waals surface area contributed by atoms with Gasteiger partial charge in [-0.05, 0) is 42.8 Å². The van der Waals surface area contributed by atoms with Crippen LogP contribution in [0, 0.1) is 0 Å². The summed E-state index contributed by atoms with van der Waals surface area (Å²) in [6, 6.07) is 12.3. The lowest BCUT2D eigenvalue weighted by Gasteiger charge is -2.15. The Labute approximate surface area is 156 Å². The van der Waals surface area contributed by atoms with Crippen molar-refractivity contribution < 1.29 is 9.59 Å². The summed E-state index contributed by atoms with van der Waals surface area (Å²) in [7, 11) is 0. The molecule has 0 spiro atoms. The van der Waals surface area contributed by atoms with Crippen LogP contribution in [-0.2, 0) is 9.59 Å². The molecule has 0 radical (unpaired) electrons. The Bertz CT molecular complexity index is 781. The number of anilines is 2. The molecule has 0 heterocycles. The molecule has 3 N–H and O–H groups in total. The highest BCUT2D eigenvalue weighted by atomic mass is 35.5. The molecular formula is C18H19Cl2N3O2. The second-order valence-corrected chi connectivity index (χ2v) is 6.40. The van der Waals surface area contributed by atoms with E-state index in [9.17, 15) is 9.59 Å². The zero-order valence-electron chi connectivity index (χ0n) is 13.9. The van der Waals surface area contributed by atoms with Crippen molar-refractivity contribution in [2.45, 2.75) is 19.9 Å². The lowest BCUT2D eigenvalue weighted by molar-refractivity contribution is -0.115. The maximum absolute atomic E-state index is 12.1. The first-order chi connectivity index (χ1) is 11.8.